The van der Waals surface area contributed by atoms with Crippen molar-refractivity contribution in [1.29, 1.82) is 0 Å². The predicted octanol–water partition coefficient (Wildman–Crippen LogP) is 11.2. The second kappa shape index (κ2) is 20.1. The lowest BCUT2D eigenvalue weighted by atomic mass is 9.98. The number of aromatic nitrogens is 4. The van der Waals surface area contributed by atoms with Gasteiger partial charge in [-0.3, -0.25) is 0 Å². The second-order valence-corrected chi connectivity index (χ2v) is 18.4. The first-order valence-electron chi connectivity index (χ1n) is 25.3. The fourth-order valence-corrected chi connectivity index (χ4v) is 10.3. The Morgan fingerprint density at radius 1 is 0.282 bits per heavy atom. The van der Waals surface area contributed by atoms with Crippen molar-refractivity contribution in [2.75, 3.05) is 52.9 Å². The molecule has 0 radical (unpaired) electrons. The van der Waals surface area contributed by atoms with Crippen molar-refractivity contribution in [3.05, 3.63) is 178 Å². The zero-order valence-electron chi connectivity index (χ0n) is 41.5. The van der Waals surface area contributed by atoms with E-state index in [0.29, 0.717) is 112 Å². The van der Waals surface area contributed by atoms with Gasteiger partial charge in [0.15, 0.2) is 0 Å². The summed E-state index contributed by atoms with van der Waals surface area (Å²) in [6.07, 6.45) is 7.83. The van der Waals surface area contributed by atoms with E-state index < -0.39 is 23.9 Å². The molecule has 8 aromatic rings. The molecule has 0 unspecified atom stereocenters. The molecular weight excluding hydrogens is 993 g/mol. The van der Waals surface area contributed by atoms with Crippen LogP contribution in [0.2, 0.25) is 0 Å². The van der Waals surface area contributed by atoms with E-state index in [2.05, 4.69) is 9.97 Å². The van der Waals surface area contributed by atoms with Crippen LogP contribution in [0, 0.1) is 0 Å². The van der Waals surface area contributed by atoms with Crippen LogP contribution in [0.1, 0.15) is 64.2 Å². The van der Waals surface area contributed by atoms with Crippen LogP contribution in [0.3, 0.4) is 0 Å². The molecule has 16 nitrogen and oxygen atoms in total. The number of cyclic esters (lactones) is 4. The Labute approximate surface area is 444 Å². The highest BCUT2D eigenvalue weighted by molar-refractivity contribution is 6.11. The van der Waals surface area contributed by atoms with E-state index in [9.17, 15) is 19.2 Å². The van der Waals surface area contributed by atoms with Crippen molar-refractivity contribution < 1.29 is 57.1 Å². The summed E-state index contributed by atoms with van der Waals surface area (Å²) < 4.78 is 49.1. The zero-order valence-corrected chi connectivity index (χ0v) is 41.5. The van der Waals surface area contributed by atoms with E-state index in [4.69, 9.17) is 47.9 Å². The molecule has 3 aromatic heterocycles. The number of H-pyrrole nitrogens is 2. The molecule has 0 atom stereocenters. The Balaban J connectivity index is 1.20. The quantitative estimate of drug-likeness (QED) is 0.107. The number of nitrogens with zero attached hydrogens (tertiary/aromatic N) is 2. The number of ether oxygens (including phenoxy) is 8. The average Bonchev–Trinajstić information content (AvgIpc) is 4.44. The maximum atomic E-state index is 14.3. The Bertz CT molecular complexity index is 3550. The van der Waals surface area contributed by atoms with Crippen molar-refractivity contribution in [2.24, 2.45) is 0 Å². The lowest BCUT2D eigenvalue weighted by Crippen LogP contribution is -2.23. The summed E-state index contributed by atoms with van der Waals surface area (Å²) >= 11 is 0. The molecule has 12 rings (SSSR count). The average molecular weight is 1040 g/mol. The maximum absolute atomic E-state index is 14.3. The molecule has 0 aliphatic carbocycles. The molecule has 0 saturated heterocycles. The van der Waals surface area contributed by atoms with E-state index >= 15 is 0 Å². The van der Waals surface area contributed by atoms with Gasteiger partial charge in [0.05, 0.1) is 45.0 Å². The minimum absolute atomic E-state index is 0.142. The Morgan fingerprint density at radius 2 is 0.513 bits per heavy atom. The summed E-state index contributed by atoms with van der Waals surface area (Å²) in [7, 11) is 0. The van der Waals surface area contributed by atoms with Crippen LogP contribution >= 0.6 is 0 Å². The van der Waals surface area contributed by atoms with Crippen molar-refractivity contribution in [3.8, 4) is 67.5 Å². The molecule has 2 N–H and O–H groups in total. The second-order valence-electron chi connectivity index (χ2n) is 18.4. The number of carbonyl (C=O) groups is 4. The molecule has 0 saturated carbocycles. The van der Waals surface area contributed by atoms with Gasteiger partial charge in [-0.25, -0.2) is 29.1 Å². The monoisotopic (exact) mass is 1040 g/mol. The number of hydrogen-bond donors (Lipinski definition) is 2. The standard InChI is InChI=1S/C62H44N4O12/c67-59-39-33-41-42-34-40(39)60(68)76-30-26-72-52-14-6-2-10-36(52)56-44-18-17-43(63-44)55(35-9-1-5-13-51(35)71-25-29-75-59)47-21-22-48(65-47)57(37-11-3-7-15-53(37)73-27-31-77-61(41)69)45-19-20-46(64-45)58(50-24-23-49(56)66-50)38-12-4-8-16-54(38)74-28-32-78-62(42)70/h1-24,33-34,63-64H,25-32H2. The highest BCUT2D eigenvalue weighted by atomic mass is 16.6. The van der Waals surface area contributed by atoms with Gasteiger partial charge < -0.3 is 47.9 Å². The fraction of sp³-hybridized carbons (Fsp3) is 0.129. The third kappa shape index (κ3) is 8.73. The molecule has 4 aliphatic heterocycles. The number of para-hydroxylation sites is 4. The van der Waals surface area contributed by atoms with E-state index in [0.717, 1.165) is 12.1 Å². The molecule has 7 heterocycles. The van der Waals surface area contributed by atoms with Crippen LogP contribution in [0.4, 0.5) is 0 Å². The largest absolute Gasteiger partial charge is 0.489 e. The molecule has 16 heteroatoms. The number of nitrogens with one attached hydrogen (secondary N) is 2. The van der Waals surface area contributed by atoms with E-state index in [1.54, 1.807) is 0 Å². The number of hydrogen-bond acceptors (Lipinski definition) is 14. The molecule has 5 aromatic carbocycles. The molecular formula is C62H44N4O12. The Hall–Kier alpha value is -10.2. The fourth-order valence-electron chi connectivity index (χ4n) is 10.3. The molecule has 4 aliphatic rings. The van der Waals surface area contributed by atoms with Crippen LogP contribution in [0.5, 0.6) is 23.0 Å². The van der Waals surface area contributed by atoms with Crippen LogP contribution < -0.4 is 18.9 Å². The lowest BCUT2D eigenvalue weighted by molar-refractivity contribution is 0.0389. The van der Waals surface area contributed by atoms with Crippen LogP contribution in [-0.2, 0) is 18.9 Å². The highest BCUT2D eigenvalue weighted by Gasteiger charge is 2.30. The minimum Gasteiger partial charge on any atom is -0.489 e. The van der Waals surface area contributed by atoms with Crippen molar-refractivity contribution >= 4 is 70.2 Å². The summed E-state index contributed by atoms with van der Waals surface area (Å²) in [6.45, 7) is -1.79. The maximum Gasteiger partial charge on any atom is 0.339 e. The van der Waals surface area contributed by atoms with Gasteiger partial charge in [0.25, 0.3) is 0 Å². The molecule has 12 bridgehead atoms. The van der Waals surface area contributed by atoms with Crippen LogP contribution in [0.25, 0.3) is 90.9 Å². The number of aromatic amines is 2. The van der Waals surface area contributed by atoms with E-state index in [1.807, 2.05) is 146 Å². The Kier molecular flexibility index (Phi) is 12.3. The number of rotatable bonds is 0. The predicted molar refractivity (Wildman–Crippen MR) is 290 cm³/mol. The summed E-state index contributed by atoms with van der Waals surface area (Å²) in [4.78, 5) is 75.7. The third-order valence-electron chi connectivity index (χ3n) is 13.7. The summed E-state index contributed by atoms with van der Waals surface area (Å²) in [5.41, 5.74) is 9.00. The van der Waals surface area contributed by atoms with Gasteiger partial charge in [-0.05, 0) is 85.0 Å². The summed E-state index contributed by atoms with van der Waals surface area (Å²) in [6, 6.07) is 40.1. The van der Waals surface area contributed by atoms with Crippen molar-refractivity contribution in [2.45, 2.75) is 0 Å². The number of carbonyl (C=O) groups excluding carboxylic acids is 4. The highest BCUT2D eigenvalue weighted by Crippen LogP contribution is 2.44. The normalized spacial score (nSPS) is 15.1. The summed E-state index contributed by atoms with van der Waals surface area (Å²) in [5, 5.41) is 0. The van der Waals surface area contributed by atoms with Crippen molar-refractivity contribution in [3.63, 3.8) is 0 Å². The third-order valence-corrected chi connectivity index (χ3v) is 13.7. The topological polar surface area (TPSA) is 199 Å². The molecule has 0 spiro atoms. The lowest BCUT2D eigenvalue weighted by Gasteiger charge is -2.17. The van der Waals surface area contributed by atoms with Gasteiger partial charge in [0.1, 0.15) is 75.9 Å². The first kappa shape index (κ1) is 47.5. The molecule has 0 fully saturated rings. The zero-order chi connectivity index (χ0) is 52.7. The van der Waals surface area contributed by atoms with E-state index in [-0.39, 0.29) is 75.1 Å². The molecule has 384 valence electrons. The van der Waals surface area contributed by atoms with Crippen molar-refractivity contribution in [1.82, 2.24) is 19.9 Å². The van der Waals surface area contributed by atoms with Gasteiger partial charge in [-0.1, -0.05) is 72.8 Å². The molecule has 78 heavy (non-hydrogen) atoms. The summed E-state index contributed by atoms with van der Waals surface area (Å²) in [5.74, 6) is -2.29. The van der Waals surface area contributed by atoms with Gasteiger partial charge in [-0.2, -0.15) is 0 Å². The number of fused-ring (bicyclic) bond motifs is 18. The van der Waals surface area contributed by atoms with Gasteiger partial charge >= 0.3 is 23.9 Å². The van der Waals surface area contributed by atoms with Gasteiger partial charge in [-0.15, -0.1) is 0 Å². The van der Waals surface area contributed by atoms with Gasteiger partial charge in [0.2, 0.25) is 0 Å². The number of esters is 4. The number of benzene rings is 5. The van der Waals surface area contributed by atoms with Crippen LogP contribution in [-0.4, -0.2) is 96.7 Å². The first-order valence-corrected chi connectivity index (χ1v) is 25.3. The Morgan fingerprint density at radius 3 is 0.769 bits per heavy atom. The van der Waals surface area contributed by atoms with Crippen LogP contribution in [0.15, 0.2) is 133 Å². The SMILES string of the molecule is O=C1OCCOc2ccccc2-c2c3nc(c4c5ccc([nH]5)c5c6nc(c(c7ccc2[nH]7)-c2ccccc2OCCOC(=O)c2cc(c(cc21)C(=O)OCCOc1ccccc1-4)C(=O)OCCOc1ccccc1-5)C=C6)C=C3. The smallest absolute Gasteiger partial charge is 0.339 e. The molecule has 0 amide bonds. The van der Waals surface area contributed by atoms with E-state index in [1.165, 1.54) is 0 Å². The minimum atomic E-state index is -1.01. The first-order chi connectivity index (χ1) is 38.3. The van der Waals surface area contributed by atoms with Gasteiger partial charge in [0, 0.05) is 66.6 Å².